The van der Waals surface area contributed by atoms with Crippen molar-refractivity contribution in [3.8, 4) is 0 Å². The van der Waals surface area contributed by atoms with Crippen LogP contribution in [0.3, 0.4) is 0 Å². The molecule has 148 valence electrons. The Kier molecular flexibility index (Phi) is 6.49. The zero-order chi connectivity index (χ0) is 20.0. The molecule has 3 N–H and O–H groups in total. The molecule has 1 amide bonds. The average Bonchev–Trinajstić information content (AvgIpc) is 3.09. The molecule has 1 heterocycles. The van der Waals surface area contributed by atoms with Crippen LogP contribution in [0.15, 0.2) is 60.8 Å². The number of nitrogens with one attached hydrogen (secondary N) is 3. The summed E-state index contributed by atoms with van der Waals surface area (Å²) >= 11 is 0. The van der Waals surface area contributed by atoms with E-state index in [1.165, 1.54) is 0 Å². The highest BCUT2D eigenvalue weighted by Gasteiger charge is 2.25. The first kappa shape index (κ1) is 20.1. The first-order chi connectivity index (χ1) is 13.5. The van der Waals surface area contributed by atoms with E-state index < -0.39 is 16.1 Å². The van der Waals surface area contributed by atoms with Crippen LogP contribution < -0.4 is 10.0 Å². The third kappa shape index (κ3) is 5.21. The summed E-state index contributed by atoms with van der Waals surface area (Å²) in [6, 6.07) is 16.4. The number of carbonyl (C=O) groups is 1. The van der Waals surface area contributed by atoms with Crippen molar-refractivity contribution in [1.29, 1.82) is 0 Å². The predicted octanol–water partition coefficient (Wildman–Crippen LogP) is 2.72. The molecule has 7 heteroatoms. The van der Waals surface area contributed by atoms with Gasteiger partial charge in [-0.15, -0.1) is 0 Å². The highest BCUT2D eigenvalue weighted by molar-refractivity contribution is 7.89. The van der Waals surface area contributed by atoms with E-state index in [2.05, 4.69) is 15.0 Å². The van der Waals surface area contributed by atoms with E-state index in [0.29, 0.717) is 13.0 Å². The molecule has 0 radical (unpaired) electrons. The fraction of sp³-hybridized carbons (Fsp3) is 0.286. The van der Waals surface area contributed by atoms with Crippen LogP contribution in [-0.4, -0.2) is 31.1 Å². The molecule has 1 atom stereocenters. The Bertz CT molecular complexity index is 1030. The van der Waals surface area contributed by atoms with E-state index in [-0.39, 0.29) is 18.1 Å². The van der Waals surface area contributed by atoms with Gasteiger partial charge in [0.05, 0.1) is 5.75 Å². The Balaban J connectivity index is 1.78. The molecule has 2 aromatic carbocycles. The molecule has 0 saturated heterocycles. The molecule has 0 aliphatic rings. The summed E-state index contributed by atoms with van der Waals surface area (Å²) in [5.74, 6) is -0.350. The zero-order valence-electron chi connectivity index (χ0n) is 15.8. The highest BCUT2D eigenvalue weighted by atomic mass is 32.2. The molecule has 0 unspecified atom stereocenters. The molecular formula is C21H25N3O3S. The number of hydrogen-bond acceptors (Lipinski definition) is 3. The Labute approximate surface area is 165 Å². The summed E-state index contributed by atoms with van der Waals surface area (Å²) in [6.07, 6.45) is 2.59. The molecule has 1 aromatic heterocycles. The van der Waals surface area contributed by atoms with Gasteiger partial charge in [-0.2, -0.15) is 0 Å². The molecule has 0 bridgehead atoms. The second-order valence-corrected chi connectivity index (χ2v) is 8.63. The minimum atomic E-state index is -3.54. The normalized spacial score (nSPS) is 12.8. The maximum Gasteiger partial charge on any atom is 0.238 e. The number of aromatic nitrogens is 1. The van der Waals surface area contributed by atoms with Gasteiger partial charge in [-0.1, -0.05) is 55.5 Å². The van der Waals surface area contributed by atoms with E-state index >= 15 is 0 Å². The van der Waals surface area contributed by atoms with Crippen molar-refractivity contribution in [2.24, 2.45) is 0 Å². The van der Waals surface area contributed by atoms with Gasteiger partial charge in [0.15, 0.2) is 0 Å². The largest absolute Gasteiger partial charge is 0.361 e. The number of hydrogen-bond donors (Lipinski definition) is 3. The third-order valence-electron chi connectivity index (χ3n) is 4.52. The van der Waals surface area contributed by atoms with E-state index in [1.54, 1.807) is 6.92 Å². The first-order valence-electron chi connectivity index (χ1n) is 9.35. The van der Waals surface area contributed by atoms with Crippen molar-refractivity contribution in [2.45, 2.75) is 32.4 Å². The van der Waals surface area contributed by atoms with Gasteiger partial charge in [0.1, 0.15) is 6.04 Å². The fourth-order valence-electron chi connectivity index (χ4n) is 3.16. The lowest BCUT2D eigenvalue weighted by Gasteiger charge is -2.18. The van der Waals surface area contributed by atoms with Gasteiger partial charge in [0.25, 0.3) is 0 Å². The van der Waals surface area contributed by atoms with Crippen molar-refractivity contribution in [3.63, 3.8) is 0 Å². The smallest absolute Gasteiger partial charge is 0.238 e. The summed E-state index contributed by atoms with van der Waals surface area (Å²) in [7, 11) is -3.54. The quantitative estimate of drug-likeness (QED) is 0.517. The second-order valence-electron chi connectivity index (χ2n) is 6.76. The number of amides is 1. The van der Waals surface area contributed by atoms with E-state index in [0.717, 1.165) is 22.0 Å². The minimum Gasteiger partial charge on any atom is -0.361 e. The minimum absolute atomic E-state index is 0.0106. The predicted molar refractivity (Wildman–Crippen MR) is 111 cm³/mol. The lowest BCUT2D eigenvalue weighted by Crippen LogP contribution is -2.48. The van der Waals surface area contributed by atoms with Crippen LogP contribution in [0.25, 0.3) is 10.9 Å². The number of aromatic amines is 1. The van der Waals surface area contributed by atoms with Crippen molar-refractivity contribution >= 4 is 26.8 Å². The maximum atomic E-state index is 12.8. The van der Waals surface area contributed by atoms with Gasteiger partial charge in [0, 0.05) is 23.6 Å². The molecule has 0 aliphatic heterocycles. The highest BCUT2D eigenvalue weighted by Crippen LogP contribution is 2.19. The zero-order valence-corrected chi connectivity index (χ0v) is 16.6. The number of para-hydroxylation sites is 1. The molecule has 0 saturated carbocycles. The van der Waals surface area contributed by atoms with Crippen LogP contribution in [0.2, 0.25) is 0 Å². The molecule has 0 spiro atoms. The van der Waals surface area contributed by atoms with E-state index in [1.807, 2.05) is 60.8 Å². The molecular weight excluding hydrogens is 374 g/mol. The Morgan fingerprint density at radius 3 is 2.54 bits per heavy atom. The second kappa shape index (κ2) is 9.03. The first-order valence-corrected chi connectivity index (χ1v) is 11.0. The van der Waals surface area contributed by atoms with Crippen molar-refractivity contribution < 1.29 is 13.2 Å². The Morgan fingerprint density at radius 1 is 1.07 bits per heavy atom. The molecule has 6 nitrogen and oxygen atoms in total. The topological polar surface area (TPSA) is 91.1 Å². The number of carbonyl (C=O) groups excluding carboxylic acids is 1. The standard InChI is InChI=1S/C21H25N3O3S/c1-2-12-28(26,27)24-20(21(25)23-14-16-8-4-3-5-9-16)13-17-15-22-19-11-7-6-10-18(17)19/h3-11,15,20,22,24H,2,12-14H2,1H3,(H,23,25)/t20-/m0/s1. The average molecular weight is 400 g/mol. The molecule has 28 heavy (non-hydrogen) atoms. The molecule has 3 aromatic rings. The fourth-order valence-corrected chi connectivity index (χ4v) is 4.44. The van der Waals surface area contributed by atoms with Gasteiger partial charge >= 0.3 is 0 Å². The summed E-state index contributed by atoms with van der Waals surface area (Å²) in [6.45, 7) is 2.14. The lowest BCUT2D eigenvalue weighted by atomic mass is 10.0. The lowest BCUT2D eigenvalue weighted by molar-refractivity contribution is -0.122. The van der Waals surface area contributed by atoms with E-state index in [4.69, 9.17) is 0 Å². The molecule has 0 fully saturated rings. The number of benzene rings is 2. The maximum absolute atomic E-state index is 12.8. The van der Waals surface area contributed by atoms with Crippen molar-refractivity contribution in [1.82, 2.24) is 15.0 Å². The van der Waals surface area contributed by atoms with Crippen LogP contribution in [0.4, 0.5) is 0 Å². The number of H-pyrrole nitrogens is 1. The Morgan fingerprint density at radius 2 is 1.79 bits per heavy atom. The summed E-state index contributed by atoms with van der Waals surface area (Å²) in [4.78, 5) is 16.0. The summed E-state index contributed by atoms with van der Waals surface area (Å²) in [5, 5.41) is 3.83. The SMILES string of the molecule is CCCS(=O)(=O)N[C@@H](Cc1c[nH]c2ccccc12)C(=O)NCc1ccccc1. The van der Waals surface area contributed by atoms with Crippen molar-refractivity contribution in [3.05, 3.63) is 71.9 Å². The van der Waals surface area contributed by atoms with Gasteiger partial charge in [0.2, 0.25) is 15.9 Å². The monoisotopic (exact) mass is 399 g/mol. The van der Waals surface area contributed by atoms with Crippen LogP contribution >= 0.6 is 0 Å². The van der Waals surface area contributed by atoms with Gasteiger partial charge in [-0.05, 0) is 30.0 Å². The number of fused-ring (bicyclic) bond motifs is 1. The van der Waals surface area contributed by atoms with Crippen LogP contribution in [0.5, 0.6) is 0 Å². The van der Waals surface area contributed by atoms with Gasteiger partial charge < -0.3 is 10.3 Å². The van der Waals surface area contributed by atoms with Crippen LogP contribution in [0, 0.1) is 0 Å². The molecule has 3 rings (SSSR count). The summed E-state index contributed by atoms with van der Waals surface area (Å²) < 4.78 is 27.2. The Hall–Kier alpha value is -2.64. The van der Waals surface area contributed by atoms with Crippen molar-refractivity contribution in [2.75, 3.05) is 5.75 Å². The van der Waals surface area contributed by atoms with Gasteiger partial charge in [-0.3, -0.25) is 4.79 Å². The number of sulfonamides is 1. The van der Waals surface area contributed by atoms with Crippen LogP contribution in [-0.2, 0) is 27.8 Å². The molecule has 0 aliphatic carbocycles. The van der Waals surface area contributed by atoms with E-state index in [9.17, 15) is 13.2 Å². The van der Waals surface area contributed by atoms with Crippen LogP contribution in [0.1, 0.15) is 24.5 Å². The van der Waals surface area contributed by atoms with Gasteiger partial charge in [-0.25, -0.2) is 13.1 Å². The summed E-state index contributed by atoms with van der Waals surface area (Å²) in [5.41, 5.74) is 2.81. The number of rotatable bonds is 9. The third-order valence-corrected chi connectivity index (χ3v) is 6.11.